The Morgan fingerprint density at radius 2 is 1.95 bits per heavy atom. The van der Waals surface area contributed by atoms with Crippen LogP contribution in [0.2, 0.25) is 0 Å². The van der Waals surface area contributed by atoms with Crippen LogP contribution in [0.25, 0.3) is 0 Å². The molecule has 2 bridgehead atoms. The standard InChI is InChI=1S/C17H23FN2O/c1-20-14-6-4-7-15(20)11-13(10-14)19-17(21)9-12-5-2-3-8-16(12)18/h2-3,5,8,13-15H,4,6-7,9-11H2,1H3,(H,19,21). The molecule has 3 nitrogen and oxygen atoms in total. The summed E-state index contributed by atoms with van der Waals surface area (Å²) in [6.45, 7) is 0. The molecule has 1 N–H and O–H groups in total. The van der Waals surface area contributed by atoms with Gasteiger partial charge >= 0.3 is 0 Å². The summed E-state index contributed by atoms with van der Waals surface area (Å²) < 4.78 is 13.6. The molecule has 1 amide bonds. The molecule has 0 aromatic heterocycles. The maximum absolute atomic E-state index is 13.6. The number of hydrogen-bond acceptors (Lipinski definition) is 2. The molecule has 2 heterocycles. The van der Waals surface area contributed by atoms with Gasteiger partial charge in [0.25, 0.3) is 0 Å². The van der Waals surface area contributed by atoms with Gasteiger partial charge in [-0.25, -0.2) is 4.39 Å². The Hall–Kier alpha value is -1.42. The van der Waals surface area contributed by atoms with Crippen LogP contribution in [0, 0.1) is 5.82 Å². The summed E-state index contributed by atoms with van der Waals surface area (Å²) in [5.41, 5.74) is 0.475. The van der Waals surface area contributed by atoms with Gasteiger partial charge in [-0.3, -0.25) is 4.79 Å². The van der Waals surface area contributed by atoms with Crippen molar-refractivity contribution in [3.8, 4) is 0 Å². The van der Waals surface area contributed by atoms with Crippen molar-refractivity contribution in [3.05, 3.63) is 35.6 Å². The summed E-state index contributed by atoms with van der Waals surface area (Å²) in [5.74, 6) is -0.361. The van der Waals surface area contributed by atoms with Crippen LogP contribution in [0.5, 0.6) is 0 Å². The summed E-state index contributed by atoms with van der Waals surface area (Å²) in [7, 11) is 2.20. The van der Waals surface area contributed by atoms with Crippen LogP contribution >= 0.6 is 0 Å². The molecule has 2 aliphatic rings. The number of halogens is 1. The van der Waals surface area contributed by atoms with Crippen LogP contribution in [0.1, 0.15) is 37.7 Å². The molecule has 0 aliphatic carbocycles. The van der Waals surface area contributed by atoms with Gasteiger partial charge in [-0.2, -0.15) is 0 Å². The van der Waals surface area contributed by atoms with E-state index < -0.39 is 0 Å². The van der Waals surface area contributed by atoms with Crippen molar-refractivity contribution in [1.82, 2.24) is 10.2 Å². The number of amides is 1. The number of fused-ring (bicyclic) bond motifs is 2. The highest BCUT2D eigenvalue weighted by Gasteiger charge is 2.36. The number of carbonyl (C=O) groups is 1. The van der Waals surface area contributed by atoms with Crippen molar-refractivity contribution >= 4 is 5.91 Å². The molecule has 2 unspecified atom stereocenters. The highest BCUT2D eigenvalue weighted by Crippen LogP contribution is 2.32. The van der Waals surface area contributed by atoms with E-state index in [2.05, 4.69) is 17.3 Å². The number of hydrogen-bond donors (Lipinski definition) is 1. The topological polar surface area (TPSA) is 32.3 Å². The van der Waals surface area contributed by atoms with E-state index in [0.717, 1.165) is 12.8 Å². The molecule has 2 fully saturated rings. The highest BCUT2D eigenvalue weighted by atomic mass is 19.1. The monoisotopic (exact) mass is 290 g/mol. The molecule has 2 saturated heterocycles. The van der Waals surface area contributed by atoms with Crippen molar-refractivity contribution in [2.75, 3.05) is 7.05 Å². The van der Waals surface area contributed by atoms with E-state index in [1.807, 2.05) is 0 Å². The van der Waals surface area contributed by atoms with Crippen LogP contribution in [0.15, 0.2) is 24.3 Å². The number of piperidine rings is 2. The van der Waals surface area contributed by atoms with E-state index in [1.165, 1.54) is 25.3 Å². The van der Waals surface area contributed by atoms with Crippen LogP contribution < -0.4 is 5.32 Å². The lowest BCUT2D eigenvalue weighted by molar-refractivity contribution is -0.122. The fourth-order valence-corrected chi connectivity index (χ4v) is 3.83. The number of benzene rings is 1. The van der Waals surface area contributed by atoms with E-state index in [9.17, 15) is 9.18 Å². The molecule has 0 radical (unpaired) electrons. The predicted molar refractivity (Wildman–Crippen MR) is 80.5 cm³/mol. The summed E-state index contributed by atoms with van der Waals surface area (Å²) in [5, 5.41) is 3.11. The predicted octanol–water partition coefficient (Wildman–Crippen LogP) is 2.50. The van der Waals surface area contributed by atoms with Crippen LogP contribution in [-0.2, 0) is 11.2 Å². The molecule has 1 aromatic carbocycles. The second kappa shape index (κ2) is 6.14. The first-order chi connectivity index (χ1) is 10.1. The second-order valence-electron chi connectivity index (χ2n) is 6.41. The maximum Gasteiger partial charge on any atom is 0.224 e. The lowest BCUT2D eigenvalue weighted by Crippen LogP contribution is -2.55. The first kappa shape index (κ1) is 14.5. The highest BCUT2D eigenvalue weighted by molar-refractivity contribution is 5.78. The van der Waals surface area contributed by atoms with Gasteiger partial charge in [0, 0.05) is 18.1 Å². The van der Waals surface area contributed by atoms with E-state index >= 15 is 0 Å². The van der Waals surface area contributed by atoms with Gasteiger partial charge in [-0.15, -0.1) is 0 Å². The van der Waals surface area contributed by atoms with Crippen LogP contribution in [-0.4, -0.2) is 36.0 Å². The molecule has 2 atom stereocenters. The smallest absolute Gasteiger partial charge is 0.224 e. The Balaban J connectivity index is 1.57. The number of nitrogens with zero attached hydrogens (tertiary/aromatic N) is 1. The Labute approximate surface area is 125 Å². The number of rotatable bonds is 3. The lowest BCUT2D eigenvalue weighted by Gasteiger charge is -2.47. The SMILES string of the molecule is CN1C2CCCC1CC(NC(=O)Cc1ccccc1F)C2. The third-order valence-electron chi connectivity index (χ3n) is 5.01. The Kier molecular flexibility index (Phi) is 4.24. The zero-order valence-electron chi connectivity index (χ0n) is 12.5. The molecule has 3 rings (SSSR count). The molecule has 4 heteroatoms. The fraction of sp³-hybridized carbons (Fsp3) is 0.588. The molecular weight excluding hydrogens is 267 g/mol. The first-order valence-corrected chi connectivity index (χ1v) is 7.88. The molecule has 0 spiro atoms. The van der Waals surface area contributed by atoms with E-state index in [0.29, 0.717) is 17.6 Å². The molecule has 0 saturated carbocycles. The molecule has 2 aliphatic heterocycles. The van der Waals surface area contributed by atoms with Gasteiger partial charge in [0.1, 0.15) is 5.82 Å². The second-order valence-corrected chi connectivity index (χ2v) is 6.41. The van der Waals surface area contributed by atoms with Crippen molar-refractivity contribution in [3.63, 3.8) is 0 Å². The summed E-state index contributed by atoms with van der Waals surface area (Å²) >= 11 is 0. The summed E-state index contributed by atoms with van der Waals surface area (Å²) in [6.07, 6.45) is 5.94. The largest absolute Gasteiger partial charge is 0.353 e. The third-order valence-corrected chi connectivity index (χ3v) is 5.01. The van der Waals surface area contributed by atoms with Gasteiger partial charge in [-0.1, -0.05) is 24.6 Å². The van der Waals surface area contributed by atoms with Gasteiger partial charge in [-0.05, 0) is 44.4 Å². The van der Waals surface area contributed by atoms with Gasteiger partial charge < -0.3 is 10.2 Å². The lowest BCUT2D eigenvalue weighted by atomic mass is 9.82. The quantitative estimate of drug-likeness (QED) is 0.927. The Bertz CT molecular complexity index is 505. The molecule has 114 valence electrons. The summed E-state index contributed by atoms with van der Waals surface area (Å²) in [6, 6.07) is 7.94. The normalized spacial score (nSPS) is 29.1. The minimum Gasteiger partial charge on any atom is -0.353 e. The van der Waals surface area contributed by atoms with Crippen molar-refractivity contribution in [2.24, 2.45) is 0 Å². The molecule has 1 aromatic rings. The van der Waals surface area contributed by atoms with Crippen LogP contribution in [0.3, 0.4) is 0 Å². The number of carbonyl (C=O) groups excluding carboxylic acids is 1. The van der Waals surface area contributed by atoms with E-state index in [-0.39, 0.29) is 24.2 Å². The van der Waals surface area contributed by atoms with Gasteiger partial charge in [0.05, 0.1) is 6.42 Å². The maximum atomic E-state index is 13.6. The number of nitrogens with one attached hydrogen (secondary N) is 1. The average Bonchev–Trinajstić information content (AvgIpc) is 2.42. The minimum absolute atomic E-state index is 0.0623. The Morgan fingerprint density at radius 3 is 2.62 bits per heavy atom. The average molecular weight is 290 g/mol. The van der Waals surface area contributed by atoms with Crippen molar-refractivity contribution in [2.45, 2.75) is 56.7 Å². The van der Waals surface area contributed by atoms with Crippen molar-refractivity contribution in [1.29, 1.82) is 0 Å². The van der Waals surface area contributed by atoms with E-state index in [4.69, 9.17) is 0 Å². The van der Waals surface area contributed by atoms with Gasteiger partial charge in [0.15, 0.2) is 0 Å². The third kappa shape index (κ3) is 3.26. The summed E-state index contributed by atoms with van der Waals surface area (Å²) in [4.78, 5) is 14.6. The molecule has 21 heavy (non-hydrogen) atoms. The van der Waals surface area contributed by atoms with E-state index in [1.54, 1.807) is 18.2 Å². The zero-order chi connectivity index (χ0) is 14.8. The zero-order valence-corrected chi connectivity index (χ0v) is 12.5. The van der Waals surface area contributed by atoms with Crippen molar-refractivity contribution < 1.29 is 9.18 Å². The minimum atomic E-state index is -0.298. The van der Waals surface area contributed by atoms with Crippen LogP contribution in [0.4, 0.5) is 4.39 Å². The Morgan fingerprint density at radius 1 is 1.29 bits per heavy atom. The molecular formula is C17H23FN2O. The fourth-order valence-electron chi connectivity index (χ4n) is 3.83. The first-order valence-electron chi connectivity index (χ1n) is 7.88. The van der Waals surface area contributed by atoms with Gasteiger partial charge in [0.2, 0.25) is 5.91 Å².